The summed E-state index contributed by atoms with van der Waals surface area (Å²) in [5.41, 5.74) is 10.8. The third-order valence-electron chi connectivity index (χ3n) is 13.0. The number of carbonyl (C=O) groups is 3. The number of nitrogens with two attached hydrogens (primary N) is 1. The Morgan fingerprint density at radius 2 is 1.80 bits per heavy atom. The van der Waals surface area contributed by atoms with Crippen molar-refractivity contribution in [3.8, 4) is 11.5 Å². The number of nitrogens with zero attached hydrogens (tertiary/aromatic N) is 1. The maximum Gasteiger partial charge on any atom is 0.329 e. The van der Waals surface area contributed by atoms with E-state index >= 15 is 0 Å². The van der Waals surface area contributed by atoms with Crippen LogP contribution in [-0.4, -0.2) is 52.7 Å². The lowest BCUT2D eigenvalue weighted by molar-refractivity contribution is -0.144. The molecule has 1 saturated carbocycles. The Balaban J connectivity index is 1.04. The number of anilines is 1. The van der Waals surface area contributed by atoms with Crippen LogP contribution in [0.2, 0.25) is 5.02 Å². The zero-order valence-corrected chi connectivity index (χ0v) is 34.9. The van der Waals surface area contributed by atoms with Gasteiger partial charge in [-0.2, -0.15) is 0 Å². The molecule has 5 N–H and O–H groups in total. The van der Waals surface area contributed by atoms with Gasteiger partial charge in [0.05, 0.1) is 13.2 Å². The first-order valence-electron chi connectivity index (χ1n) is 21.2. The summed E-state index contributed by atoms with van der Waals surface area (Å²) in [4.78, 5) is 42.7. The van der Waals surface area contributed by atoms with E-state index in [1.165, 1.54) is 16.7 Å². The Kier molecular flexibility index (Phi) is 13.1. The normalized spacial score (nSPS) is 23.0. The van der Waals surface area contributed by atoms with Gasteiger partial charge in [0.1, 0.15) is 23.1 Å². The number of primary amides is 1. The largest absolute Gasteiger partial charge is 0.494 e. The molecule has 1 aromatic heterocycles. The molecule has 59 heavy (non-hydrogen) atoms. The van der Waals surface area contributed by atoms with Gasteiger partial charge >= 0.3 is 5.97 Å². The van der Waals surface area contributed by atoms with Gasteiger partial charge in [-0.15, -0.1) is 0 Å². The van der Waals surface area contributed by atoms with Gasteiger partial charge in [0.2, 0.25) is 11.8 Å². The van der Waals surface area contributed by atoms with Crippen molar-refractivity contribution in [2.75, 3.05) is 18.5 Å². The Morgan fingerprint density at radius 1 is 1.00 bits per heavy atom. The second-order valence-corrected chi connectivity index (χ2v) is 17.6. The van der Waals surface area contributed by atoms with Crippen LogP contribution >= 0.6 is 11.6 Å². The van der Waals surface area contributed by atoms with E-state index < -0.39 is 23.5 Å². The predicted molar refractivity (Wildman–Crippen MR) is 230 cm³/mol. The molecule has 0 bridgehead atoms. The summed E-state index contributed by atoms with van der Waals surface area (Å²) >= 11 is 6.30. The Labute approximate surface area is 352 Å². The highest BCUT2D eigenvalue weighted by atomic mass is 35.5. The number of amides is 2. The lowest BCUT2D eigenvalue weighted by Crippen LogP contribution is -2.53. The third-order valence-corrected chi connectivity index (χ3v) is 13.3. The Hall–Kier alpha value is -5.09. The number of benzene rings is 3. The molecule has 0 unspecified atom stereocenters. The number of aromatic nitrogens is 1. The van der Waals surface area contributed by atoms with E-state index in [1.54, 1.807) is 12.1 Å². The first-order valence-corrected chi connectivity index (χ1v) is 21.6. The van der Waals surface area contributed by atoms with Crippen molar-refractivity contribution in [3.63, 3.8) is 0 Å². The van der Waals surface area contributed by atoms with Gasteiger partial charge < -0.3 is 30.9 Å². The number of nitrogens with one attached hydrogen (secondary N) is 2. The van der Waals surface area contributed by atoms with Crippen molar-refractivity contribution in [2.45, 2.75) is 114 Å². The number of ether oxygens (including phenoxy) is 2. The molecule has 1 fully saturated rings. The molecule has 4 aromatic rings. The molecule has 1 heterocycles. The molecule has 10 nitrogen and oxygen atoms in total. The molecule has 0 radical (unpaired) electrons. The molecule has 3 aliphatic carbocycles. The number of aliphatic carboxylic acids is 1. The summed E-state index contributed by atoms with van der Waals surface area (Å²) in [6.07, 6.45) is 10.3. The van der Waals surface area contributed by atoms with Crippen LogP contribution in [0.5, 0.6) is 11.5 Å². The first-order chi connectivity index (χ1) is 28.4. The number of pyridine rings is 1. The van der Waals surface area contributed by atoms with E-state index in [9.17, 15) is 19.5 Å². The minimum absolute atomic E-state index is 0.188. The highest BCUT2D eigenvalue weighted by molar-refractivity contribution is 6.30. The van der Waals surface area contributed by atoms with Gasteiger partial charge in [0.25, 0.3) is 0 Å². The maximum atomic E-state index is 13.1. The van der Waals surface area contributed by atoms with E-state index in [0.717, 1.165) is 54.9 Å². The van der Waals surface area contributed by atoms with Crippen molar-refractivity contribution < 1.29 is 29.0 Å². The molecule has 2 amide bonds. The fourth-order valence-corrected chi connectivity index (χ4v) is 10.1. The second-order valence-electron chi connectivity index (χ2n) is 17.2. The summed E-state index contributed by atoms with van der Waals surface area (Å²) in [6, 6.07) is 24.3. The number of carbonyl (C=O) groups excluding carboxylic acids is 2. The van der Waals surface area contributed by atoms with E-state index in [1.807, 2.05) is 60.8 Å². The van der Waals surface area contributed by atoms with Crippen LogP contribution in [0.4, 0.5) is 5.69 Å². The zero-order valence-electron chi connectivity index (χ0n) is 34.2. The summed E-state index contributed by atoms with van der Waals surface area (Å²) < 4.78 is 12.9. The van der Waals surface area contributed by atoms with Crippen LogP contribution in [0.25, 0.3) is 0 Å². The molecule has 0 aliphatic heterocycles. The van der Waals surface area contributed by atoms with Gasteiger partial charge in [-0.05, 0) is 140 Å². The maximum absolute atomic E-state index is 13.1. The Bertz CT molecular complexity index is 2120. The third kappa shape index (κ3) is 9.70. The number of carboxylic acid groups (broad SMARTS) is 1. The van der Waals surface area contributed by atoms with E-state index in [-0.39, 0.29) is 29.6 Å². The number of hydrogen-bond acceptors (Lipinski definition) is 7. The van der Waals surface area contributed by atoms with Crippen LogP contribution in [0.3, 0.4) is 0 Å². The molecule has 11 heteroatoms. The lowest BCUT2D eigenvalue weighted by Gasteiger charge is -2.47. The number of halogens is 1. The van der Waals surface area contributed by atoms with Crippen LogP contribution in [-0.2, 0) is 39.1 Å². The first kappa shape index (κ1) is 42.0. The second kappa shape index (κ2) is 18.4. The van der Waals surface area contributed by atoms with E-state index in [2.05, 4.69) is 41.6 Å². The van der Waals surface area contributed by atoms with Crippen LogP contribution in [0, 0.1) is 11.8 Å². The van der Waals surface area contributed by atoms with Crippen molar-refractivity contribution in [3.05, 3.63) is 118 Å². The molecule has 4 atom stereocenters. The van der Waals surface area contributed by atoms with E-state index in [4.69, 9.17) is 26.8 Å². The minimum Gasteiger partial charge on any atom is -0.494 e. The van der Waals surface area contributed by atoms with Crippen molar-refractivity contribution >= 4 is 35.1 Å². The molecular formula is C48H57ClN4O6. The fraction of sp³-hybridized carbons (Fsp3) is 0.458. The quantitative estimate of drug-likeness (QED) is 0.0774. The Morgan fingerprint density at radius 3 is 2.54 bits per heavy atom. The smallest absolute Gasteiger partial charge is 0.329 e. The number of rotatable bonds is 17. The predicted octanol–water partition coefficient (Wildman–Crippen LogP) is 8.57. The van der Waals surface area contributed by atoms with Gasteiger partial charge in [0.15, 0.2) is 0 Å². The number of hydrogen-bond donors (Lipinski definition) is 4. The summed E-state index contributed by atoms with van der Waals surface area (Å²) in [5.74, 6) is 0.961. The number of aryl methyl sites for hydroxylation is 1. The van der Waals surface area contributed by atoms with E-state index in [0.29, 0.717) is 68.4 Å². The van der Waals surface area contributed by atoms with Crippen molar-refractivity contribution in [2.24, 2.45) is 17.6 Å². The molecule has 7 rings (SSSR count). The summed E-state index contributed by atoms with van der Waals surface area (Å²) in [5, 5.41) is 17.4. The average Bonchev–Trinajstić information content (AvgIpc) is 3.50. The summed E-state index contributed by atoms with van der Waals surface area (Å²) in [7, 11) is 0. The topological polar surface area (TPSA) is 153 Å². The molecule has 3 aliphatic rings. The molecular weight excluding hydrogens is 764 g/mol. The average molecular weight is 821 g/mol. The van der Waals surface area contributed by atoms with Gasteiger partial charge in [-0.3, -0.25) is 14.6 Å². The highest BCUT2D eigenvalue weighted by Gasteiger charge is 2.54. The minimum atomic E-state index is -1.13. The van der Waals surface area contributed by atoms with Crippen LogP contribution < -0.4 is 25.8 Å². The highest BCUT2D eigenvalue weighted by Crippen LogP contribution is 2.57. The van der Waals surface area contributed by atoms with Crippen molar-refractivity contribution in [1.29, 1.82) is 0 Å². The standard InChI is InChI=1S/C48H57ClN4O6/c1-31(30-59-42-18-23-51-40-14-6-9-32(2)44(40)42)25-35-27-34-16-17-38(58-24-8-15-43(54)52-41(45(50)55)26-33-10-4-3-5-11-33)29-39(34)47(35)19-21-48(22-20-47,46(56)57)53-37-13-7-12-36(49)28-37/h3-5,7,10-13,16-18,23,28-29,31-32,35,41,53H,6,8-9,14-15,19-22,24-27,30H2,1-2H3,(H2,50,55)(H,52,54)(H,56,57)/t31-,32-,35+,41-,47?,48?/m1/s1. The molecule has 0 saturated heterocycles. The molecule has 3 aromatic carbocycles. The van der Waals surface area contributed by atoms with Gasteiger partial charge in [-0.1, -0.05) is 67.9 Å². The SMILES string of the molecule is C[C@@H](COc1ccnc2c1[C@H](C)CCC2)C[C@H]1Cc2ccc(OCCCC(=O)N[C@H](Cc3ccccc3)C(N)=O)cc2C12CCC(Nc1cccc(Cl)c1)(C(=O)O)CC2. The monoisotopic (exact) mass is 820 g/mol. The van der Waals surface area contributed by atoms with Crippen molar-refractivity contribution in [1.82, 2.24) is 10.3 Å². The number of fused-ring (bicyclic) bond motifs is 3. The van der Waals surface area contributed by atoms with Gasteiger partial charge in [-0.25, -0.2) is 4.79 Å². The van der Waals surface area contributed by atoms with Gasteiger partial charge in [0, 0.05) is 41.0 Å². The lowest BCUT2D eigenvalue weighted by atomic mass is 9.59. The van der Waals surface area contributed by atoms with Crippen LogP contribution in [0.15, 0.2) is 85.1 Å². The molecule has 312 valence electrons. The molecule has 1 spiro atoms. The zero-order chi connectivity index (χ0) is 41.6. The number of carboxylic acids is 1. The van der Waals surface area contributed by atoms with Crippen LogP contribution in [0.1, 0.15) is 106 Å². The summed E-state index contributed by atoms with van der Waals surface area (Å²) in [6.45, 7) is 5.44. The fourth-order valence-electron chi connectivity index (χ4n) is 9.93.